The van der Waals surface area contributed by atoms with Gasteiger partial charge in [0.25, 0.3) is 0 Å². The Balaban J connectivity index is 2.44. The molecule has 1 N–H and O–H groups in total. The van der Waals surface area contributed by atoms with Gasteiger partial charge in [-0.25, -0.2) is 9.69 Å². The Bertz CT molecular complexity index is 456. The van der Waals surface area contributed by atoms with Crippen LogP contribution >= 0.6 is 23.2 Å². The summed E-state index contributed by atoms with van der Waals surface area (Å²) in [5, 5.41) is 8.53. The lowest BCUT2D eigenvalue weighted by atomic mass is 10.2. The fourth-order valence-electron chi connectivity index (χ4n) is 1.45. The fourth-order valence-corrected chi connectivity index (χ4v) is 1.97. The van der Waals surface area contributed by atoms with Crippen molar-refractivity contribution in [3.63, 3.8) is 0 Å². The fraction of sp³-hybridized carbons (Fsp3) is 0.200. The number of hydrogen-bond donors (Lipinski definition) is 1. The summed E-state index contributed by atoms with van der Waals surface area (Å²) >= 11 is 11.7. The normalized spacial score (nSPS) is 20.2. The summed E-state index contributed by atoms with van der Waals surface area (Å²) in [4.78, 5) is 12.6. The maximum atomic E-state index is 11.5. The smallest absolute Gasteiger partial charge is 0.420 e. The van der Waals surface area contributed by atoms with Crippen molar-refractivity contribution in [2.45, 2.75) is 13.0 Å². The predicted octanol–water partition coefficient (Wildman–Crippen LogP) is 3.32. The van der Waals surface area contributed by atoms with E-state index in [-0.39, 0.29) is 5.84 Å². The second-order valence-electron chi connectivity index (χ2n) is 3.37. The Hall–Kier alpha value is -1.26. The third-order valence-electron chi connectivity index (χ3n) is 2.19. The molecular formula is C10H8Cl2N2O2. The molecule has 0 saturated carbocycles. The summed E-state index contributed by atoms with van der Waals surface area (Å²) in [6.07, 6.45) is -1.14. The molecule has 1 aliphatic rings. The zero-order valence-corrected chi connectivity index (χ0v) is 9.84. The largest absolute Gasteiger partial charge is 0.438 e. The molecule has 0 spiro atoms. The van der Waals surface area contributed by atoms with Crippen molar-refractivity contribution in [1.29, 1.82) is 5.41 Å². The Labute approximate surface area is 102 Å². The van der Waals surface area contributed by atoms with Gasteiger partial charge in [-0.1, -0.05) is 23.2 Å². The van der Waals surface area contributed by atoms with E-state index in [1.807, 2.05) is 0 Å². The highest BCUT2D eigenvalue weighted by molar-refractivity contribution is 6.35. The lowest BCUT2D eigenvalue weighted by molar-refractivity contribution is 0.158. The molecule has 84 valence electrons. The number of amides is 1. The molecule has 1 amide bonds. The first kappa shape index (κ1) is 11.2. The first-order chi connectivity index (χ1) is 7.49. The van der Waals surface area contributed by atoms with Crippen LogP contribution in [0.2, 0.25) is 10.0 Å². The van der Waals surface area contributed by atoms with Crippen molar-refractivity contribution >= 4 is 40.8 Å². The van der Waals surface area contributed by atoms with Crippen LogP contribution in [-0.4, -0.2) is 18.0 Å². The molecular weight excluding hydrogens is 251 g/mol. The molecule has 0 aliphatic carbocycles. The van der Waals surface area contributed by atoms with Gasteiger partial charge in [0, 0.05) is 10.0 Å². The van der Waals surface area contributed by atoms with Crippen LogP contribution in [0.15, 0.2) is 18.2 Å². The van der Waals surface area contributed by atoms with Crippen LogP contribution in [0.5, 0.6) is 0 Å². The van der Waals surface area contributed by atoms with Crippen molar-refractivity contribution in [3.05, 3.63) is 28.2 Å². The topological polar surface area (TPSA) is 53.4 Å². The number of rotatable bonds is 1. The number of cyclic esters (lactones) is 1. The summed E-state index contributed by atoms with van der Waals surface area (Å²) in [5.74, 6) is 0.0725. The highest BCUT2D eigenvalue weighted by atomic mass is 35.5. The molecule has 16 heavy (non-hydrogen) atoms. The predicted molar refractivity (Wildman–Crippen MR) is 62.6 cm³/mol. The Morgan fingerprint density at radius 1 is 1.31 bits per heavy atom. The van der Waals surface area contributed by atoms with E-state index in [0.29, 0.717) is 15.7 Å². The molecule has 1 aromatic carbocycles. The van der Waals surface area contributed by atoms with E-state index in [4.69, 9.17) is 33.3 Å². The molecule has 1 fully saturated rings. The first-order valence-electron chi connectivity index (χ1n) is 4.54. The Morgan fingerprint density at radius 2 is 1.88 bits per heavy atom. The van der Waals surface area contributed by atoms with Crippen LogP contribution in [0.1, 0.15) is 6.92 Å². The van der Waals surface area contributed by atoms with E-state index in [9.17, 15) is 4.79 Å². The number of nitrogens with one attached hydrogen (secondary N) is 1. The van der Waals surface area contributed by atoms with Gasteiger partial charge < -0.3 is 4.74 Å². The van der Waals surface area contributed by atoms with Gasteiger partial charge in [-0.2, -0.15) is 0 Å². The average Bonchev–Trinajstić information content (AvgIpc) is 2.39. The number of carbonyl (C=O) groups is 1. The Morgan fingerprint density at radius 3 is 2.31 bits per heavy atom. The van der Waals surface area contributed by atoms with Crippen molar-refractivity contribution in [2.75, 3.05) is 4.90 Å². The monoisotopic (exact) mass is 258 g/mol. The number of halogens is 2. The third kappa shape index (κ3) is 1.86. The minimum atomic E-state index is -0.587. The number of ether oxygens (including phenoxy) is 1. The molecule has 0 radical (unpaired) electrons. The quantitative estimate of drug-likeness (QED) is 0.841. The van der Waals surface area contributed by atoms with Crippen LogP contribution in [0.25, 0.3) is 0 Å². The van der Waals surface area contributed by atoms with Crippen molar-refractivity contribution in [1.82, 2.24) is 0 Å². The summed E-state index contributed by atoms with van der Waals surface area (Å²) in [6.45, 7) is 1.63. The van der Waals surface area contributed by atoms with Crippen LogP contribution in [-0.2, 0) is 4.74 Å². The minimum Gasteiger partial charge on any atom is -0.438 e. The number of carbonyl (C=O) groups excluding carboxylic acids is 1. The standard InChI is InChI=1S/C10H8Cl2N2O2/c1-5-9(13)14(10(15)16-5)8-3-6(11)2-7(12)4-8/h2-5,13H,1H3. The van der Waals surface area contributed by atoms with E-state index in [1.165, 1.54) is 0 Å². The van der Waals surface area contributed by atoms with E-state index in [0.717, 1.165) is 4.90 Å². The molecule has 1 aliphatic heterocycles. The van der Waals surface area contributed by atoms with Gasteiger partial charge in [-0.05, 0) is 25.1 Å². The van der Waals surface area contributed by atoms with E-state index >= 15 is 0 Å². The molecule has 0 bridgehead atoms. The van der Waals surface area contributed by atoms with Gasteiger partial charge in [-0.3, -0.25) is 5.41 Å². The average molecular weight is 259 g/mol. The lowest BCUT2D eigenvalue weighted by Gasteiger charge is -2.13. The number of amidine groups is 1. The number of hydrogen-bond acceptors (Lipinski definition) is 3. The van der Waals surface area contributed by atoms with Gasteiger partial charge in [0.05, 0.1) is 5.69 Å². The summed E-state index contributed by atoms with van der Waals surface area (Å²) in [5.41, 5.74) is 0.442. The molecule has 1 saturated heterocycles. The van der Waals surface area contributed by atoms with Gasteiger partial charge in [0.15, 0.2) is 11.9 Å². The van der Waals surface area contributed by atoms with Gasteiger partial charge in [0.2, 0.25) is 0 Å². The Kier molecular flexibility index (Phi) is 2.78. The van der Waals surface area contributed by atoms with Crippen LogP contribution < -0.4 is 4.90 Å². The van der Waals surface area contributed by atoms with Crippen LogP contribution in [0.4, 0.5) is 10.5 Å². The molecule has 1 atom stereocenters. The second kappa shape index (κ2) is 3.96. The maximum Gasteiger partial charge on any atom is 0.420 e. The SMILES string of the molecule is CC1OC(=O)N(c2cc(Cl)cc(Cl)c2)C1=N. The summed E-state index contributed by atoms with van der Waals surface area (Å²) in [7, 11) is 0. The minimum absolute atomic E-state index is 0.0725. The van der Waals surface area contributed by atoms with Gasteiger partial charge in [-0.15, -0.1) is 0 Å². The molecule has 6 heteroatoms. The van der Waals surface area contributed by atoms with Gasteiger partial charge in [0.1, 0.15) is 0 Å². The van der Waals surface area contributed by atoms with Crippen molar-refractivity contribution in [3.8, 4) is 0 Å². The molecule has 4 nitrogen and oxygen atoms in total. The highest BCUT2D eigenvalue weighted by Crippen LogP contribution is 2.29. The second-order valence-corrected chi connectivity index (χ2v) is 4.25. The van der Waals surface area contributed by atoms with Crippen molar-refractivity contribution < 1.29 is 9.53 Å². The third-order valence-corrected chi connectivity index (χ3v) is 2.63. The van der Waals surface area contributed by atoms with E-state index in [2.05, 4.69) is 0 Å². The summed E-state index contributed by atoms with van der Waals surface area (Å²) < 4.78 is 4.90. The molecule has 2 rings (SSSR count). The molecule has 0 aromatic heterocycles. The number of nitrogens with zero attached hydrogens (tertiary/aromatic N) is 1. The van der Waals surface area contributed by atoms with Crippen LogP contribution in [0, 0.1) is 5.41 Å². The highest BCUT2D eigenvalue weighted by Gasteiger charge is 2.35. The lowest BCUT2D eigenvalue weighted by Crippen LogP contribution is -2.29. The zero-order valence-electron chi connectivity index (χ0n) is 8.33. The zero-order chi connectivity index (χ0) is 11.9. The van der Waals surface area contributed by atoms with Crippen molar-refractivity contribution in [2.24, 2.45) is 0 Å². The molecule has 1 aromatic rings. The number of anilines is 1. The first-order valence-corrected chi connectivity index (χ1v) is 5.30. The number of benzene rings is 1. The van der Waals surface area contributed by atoms with Gasteiger partial charge >= 0.3 is 6.09 Å². The molecule has 1 heterocycles. The van der Waals surface area contributed by atoms with E-state index in [1.54, 1.807) is 25.1 Å². The maximum absolute atomic E-state index is 11.5. The van der Waals surface area contributed by atoms with E-state index < -0.39 is 12.2 Å². The van der Waals surface area contributed by atoms with Crippen LogP contribution in [0.3, 0.4) is 0 Å². The molecule has 1 unspecified atom stereocenters. The summed E-state index contributed by atoms with van der Waals surface area (Å²) in [6, 6.07) is 4.67.